The van der Waals surface area contributed by atoms with E-state index in [1.165, 1.54) is 0 Å². The fraction of sp³-hybridized carbons (Fsp3) is 0.300. The Morgan fingerprint density at radius 1 is 0.957 bits per heavy atom. The predicted molar refractivity (Wildman–Crippen MR) is 99.2 cm³/mol. The molecule has 23 heavy (non-hydrogen) atoms. The van der Waals surface area contributed by atoms with Crippen molar-refractivity contribution in [1.82, 2.24) is 4.90 Å². The van der Waals surface area contributed by atoms with E-state index >= 15 is 0 Å². The van der Waals surface area contributed by atoms with Crippen LogP contribution in [0.3, 0.4) is 0 Å². The number of fused-ring (bicyclic) bond motifs is 3. The number of hydrogen-bond acceptors (Lipinski definition) is 2. The topological polar surface area (TPSA) is 23.5 Å². The summed E-state index contributed by atoms with van der Waals surface area (Å²) < 4.78 is 0. The van der Waals surface area contributed by atoms with Crippen LogP contribution in [0.5, 0.6) is 0 Å². The summed E-state index contributed by atoms with van der Waals surface area (Å²) in [6.07, 6.45) is -0.478. The summed E-state index contributed by atoms with van der Waals surface area (Å²) in [6.45, 7) is 6.78. The van der Waals surface area contributed by atoms with Gasteiger partial charge in [-0.25, -0.2) is 0 Å². The molecule has 0 heterocycles. The summed E-state index contributed by atoms with van der Waals surface area (Å²) in [5.41, 5.74) is 0.955. The molecule has 0 saturated heterocycles. The molecule has 0 aliphatic heterocycles. The van der Waals surface area contributed by atoms with Crippen molar-refractivity contribution in [2.75, 3.05) is 19.6 Å². The minimum absolute atomic E-state index is 0.478. The van der Waals surface area contributed by atoms with Crippen LogP contribution in [-0.2, 0) is 0 Å². The van der Waals surface area contributed by atoms with Gasteiger partial charge in [0.25, 0.3) is 0 Å². The molecular weight excluding hydrogens is 306 g/mol. The highest BCUT2D eigenvalue weighted by Crippen LogP contribution is 2.33. The van der Waals surface area contributed by atoms with Gasteiger partial charge >= 0.3 is 0 Å². The molecule has 1 atom stereocenters. The van der Waals surface area contributed by atoms with Crippen LogP contribution in [0.15, 0.2) is 48.5 Å². The first kappa shape index (κ1) is 16.3. The van der Waals surface area contributed by atoms with E-state index in [0.29, 0.717) is 6.54 Å². The summed E-state index contributed by atoms with van der Waals surface area (Å²) >= 11 is 6.39. The third-order valence-electron chi connectivity index (χ3n) is 4.54. The largest absolute Gasteiger partial charge is 0.387 e. The lowest BCUT2D eigenvalue weighted by atomic mass is 9.98. The number of aliphatic hydroxyl groups is 1. The van der Waals surface area contributed by atoms with Crippen LogP contribution in [0.25, 0.3) is 21.5 Å². The number of nitrogens with zero attached hydrogens (tertiary/aromatic N) is 1. The molecule has 0 fully saturated rings. The number of benzene rings is 3. The molecule has 0 spiro atoms. The normalized spacial score (nSPS) is 13.1. The molecule has 3 heteroatoms. The van der Waals surface area contributed by atoms with Crippen molar-refractivity contribution in [2.45, 2.75) is 20.0 Å². The first-order valence-corrected chi connectivity index (χ1v) is 8.53. The Labute approximate surface area is 142 Å². The number of likely N-dealkylation sites (N-methyl/N-ethyl adjacent to an activating group) is 1. The van der Waals surface area contributed by atoms with Crippen molar-refractivity contribution in [2.24, 2.45) is 0 Å². The molecule has 2 nitrogen and oxygen atoms in total. The van der Waals surface area contributed by atoms with Gasteiger partial charge in [-0.05, 0) is 46.9 Å². The van der Waals surface area contributed by atoms with E-state index in [9.17, 15) is 5.11 Å². The molecule has 1 N–H and O–H groups in total. The van der Waals surface area contributed by atoms with E-state index < -0.39 is 6.10 Å². The second-order valence-electron chi connectivity index (χ2n) is 5.89. The minimum Gasteiger partial charge on any atom is -0.387 e. The van der Waals surface area contributed by atoms with Crippen molar-refractivity contribution >= 4 is 33.1 Å². The average molecular weight is 328 g/mol. The van der Waals surface area contributed by atoms with Gasteiger partial charge < -0.3 is 10.0 Å². The van der Waals surface area contributed by atoms with Crippen molar-refractivity contribution in [3.63, 3.8) is 0 Å². The molecule has 0 aliphatic rings. The molecule has 0 aliphatic carbocycles. The van der Waals surface area contributed by atoms with E-state index in [1.807, 2.05) is 30.3 Å². The van der Waals surface area contributed by atoms with E-state index in [-0.39, 0.29) is 0 Å². The fourth-order valence-electron chi connectivity index (χ4n) is 3.11. The van der Waals surface area contributed by atoms with Gasteiger partial charge in [0.05, 0.1) is 6.10 Å². The fourth-order valence-corrected chi connectivity index (χ4v) is 3.39. The highest BCUT2D eigenvalue weighted by molar-refractivity contribution is 6.37. The monoisotopic (exact) mass is 327 g/mol. The van der Waals surface area contributed by atoms with Crippen molar-refractivity contribution < 1.29 is 5.11 Å². The molecule has 0 radical (unpaired) electrons. The van der Waals surface area contributed by atoms with Crippen molar-refractivity contribution in [1.29, 1.82) is 0 Å². The number of halogens is 1. The van der Waals surface area contributed by atoms with Gasteiger partial charge in [-0.1, -0.05) is 61.8 Å². The van der Waals surface area contributed by atoms with Crippen LogP contribution in [0, 0.1) is 0 Å². The maximum atomic E-state index is 10.6. The van der Waals surface area contributed by atoms with Crippen LogP contribution >= 0.6 is 11.6 Å². The maximum absolute atomic E-state index is 10.6. The summed E-state index contributed by atoms with van der Waals surface area (Å²) in [6, 6.07) is 16.3. The van der Waals surface area contributed by atoms with E-state index in [0.717, 1.165) is 45.2 Å². The third-order valence-corrected chi connectivity index (χ3v) is 4.86. The Morgan fingerprint density at radius 2 is 1.65 bits per heavy atom. The van der Waals surface area contributed by atoms with Gasteiger partial charge in [0.2, 0.25) is 0 Å². The van der Waals surface area contributed by atoms with Crippen LogP contribution in [0.1, 0.15) is 25.5 Å². The standard InChI is InChI=1S/C20H22ClNO/c1-3-22(4-2)13-20(23)15-10-9-14-12-19(21)17-8-6-5-7-16(17)18(14)11-15/h5-12,20,23H,3-4,13H2,1-2H3/t20-/m1/s1. The molecule has 0 bridgehead atoms. The zero-order valence-corrected chi connectivity index (χ0v) is 14.3. The zero-order valence-electron chi connectivity index (χ0n) is 13.6. The smallest absolute Gasteiger partial charge is 0.0917 e. The van der Waals surface area contributed by atoms with Gasteiger partial charge in [0.15, 0.2) is 0 Å². The summed E-state index contributed by atoms with van der Waals surface area (Å²) in [5.74, 6) is 0. The Hall–Kier alpha value is -1.61. The Bertz CT molecular complexity index is 826. The second-order valence-corrected chi connectivity index (χ2v) is 6.29. The lowest BCUT2D eigenvalue weighted by molar-refractivity contribution is 0.119. The third kappa shape index (κ3) is 3.20. The zero-order chi connectivity index (χ0) is 16.4. The molecule has 0 aromatic heterocycles. The molecule has 0 amide bonds. The Kier molecular flexibility index (Phi) is 4.86. The first-order valence-electron chi connectivity index (χ1n) is 8.15. The summed E-state index contributed by atoms with van der Waals surface area (Å²) in [4.78, 5) is 2.23. The predicted octanol–water partition coefficient (Wildman–Crippen LogP) is 5.02. The second kappa shape index (κ2) is 6.88. The van der Waals surface area contributed by atoms with Crippen LogP contribution in [0.2, 0.25) is 5.02 Å². The van der Waals surface area contributed by atoms with Gasteiger partial charge in [0, 0.05) is 17.0 Å². The molecule has 3 aromatic carbocycles. The molecule has 120 valence electrons. The lowest BCUT2D eigenvalue weighted by Gasteiger charge is -2.22. The van der Waals surface area contributed by atoms with E-state index in [4.69, 9.17) is 11.6 Å². The lowest BCUT2D eigenvalue weighted by Crippen LogP contribution is -2.28. The van der Waals surface area contributed by atoms with Crippen LogP contribution in [0.4, 0.5) is 0 Å². The first-order chi connectivity index (χ1) is 11.1. The van der Waals surface area contributed by atoms with E-state index in [2.05, 4.69) is 36.9 Å². The molecule has 0 saturated carbocycles. The quantitative estimate of drug-likeness (QED) is 0.665. The molecular formula is C20H22ClNO. The number of hydrogen-bond donors (Lipinski definition) is 1. The van der Waals surface area contributed by atoms with Crippen LogP contribution < -0.4 is 0 Å². The number of aliphatic hydroxyl groups excluding tert-OH is 1. The Morgan fingerprint density at radius 3 is 2.35 bits per heavy atom. The van der Waals surface area contributed by atoms with Gasteiger partial charge in [-0.3, -0.25) is 0 Å². The van der Waals surface area contributed by atoms with Gasteiger partial charge in [0.1, 0.15) is 0 Å². The van der Waals surface area contributed by atoms with Crippen LogP contribution in [-0.4, -0.2) is 29.6 Å². The summed E-state index contributed by atoms with van der Waals surface area (Å²) in [5, 5.41) is 15.8. The highest BCUT2D eigenvalue weighted by atomic mass is 35.5. The van der Waals surface area contributed by atoms with Crippen molar-refractivity contribution in [3.05, 3.63) is 59.1 Å². The van der Waals surface area contributed by atoms with Crippen molar-refractivity contribution in [3.8, 4) is 0 Å². The summed E-state index contributed by atoms with van der Waals surface area (Å²) in [7, 11) is 0. The average Bonchev–Trinajstić information content (AvgIpc) is 2.59. The molecule has 3 rings (SSSR count). The van der Waals surface area contributed by atoms with Gasteiger partial charge in [-0.2, -0.15) is 0 Å². The maximum Gasteiger partial charge on any atom is 0.0917 e. The van der Waals surface area contributed by atoms with E-state index in [1.54, 1.807) is 0 Å². The highest BCUT2D eigenvalue weighted by Gasteiger charge is 2.13. The minimum atomic E-state index is -0.478. The molecule has 0 unspecified atom stereocenters. The molecule has 3 aromatic rings. The Balaban J connectivity index is 2.07. The SMILES string of the molecule is CCN(CC)C[C@@H](O)c1ccc2cc(Cl)c3ccccc3c2c1. The number of rotatable bonds is 5. The van der Waals surface area contributed by atoms with Gasteiger partial charge in [-0.15, -0.1) is 0 Å².